The number of hydrogen-bond acceptors (Lipinski definition) is 10. The molecule has 0 aliphatic carbocycles. The molecule has 6 N–H and O–H groups in total. The molecule has 0 aromatic rings. The lowest BCUT2D eigenvalue weighted by molar-refractivity contribution is -0.305. The number of ether oxygens (including phenoxy) is 3. The molecule has 11 nitrogen and oxygen atoms in total. The molecule has 75 heavy (non-hydrogen) atoms. The van der Waals surface area contributed by atoms with Gasteiger partial charge < -0.3 is 45.1 Å². The number of esters is 1. The Hall–Kier alpha value is -1.86. The number of aliphatic hydroxyl groups excluding tert-OH is 5. The highest BCUT2D eigenvalue weighted by molar-refractivity contribution is 5.80. The van der Waals surface area contributed by atoms with Gasteiger partial charge in [-0.25, -0.2) is 0 Å². The lowest BCUT2D eigenvalue weighted by Gasteiger charge is -2.41. The number of carbonyl (C=O) groups excluding carboxylic acids is 2. The minimum atomic E-state index is -1.61. The Morgan fingerprint density at radius 3 is 1.29 bits per heavy atom. The number of unbranched alkanes of at least 4 members (excludes halogenated alkanes) is 39. The van der Waals surface area contributed by atoms with Crippen molar-refractivity contribution < 1.29 is 49.3 Å². The van der Waals surface area contributed by atoms with E-state index in [1.165, 1.54) is 205 Å². The monoisotopic (exact) mass is 1060 g/mol. The first kappa shape index (κ1) is 71.2. The number of aliphatic hydroxyl groups is 5. The summed E-state index contributed by atoms with van der Waals surface area (Å²) in [6.07, 6.45) is 51.0. The van der Waals surface area contributed by atoms with Gasteiger partial charge in [-0.05, 0) is 51.4 Å². The first-order chi connectivity index (χ1) is 36.7. The van der Waals surface area contributed by atoms with Crippen molar-refractivity contribution in [3.05, 3.63) is 24.3 Å². The van der Waals surface area contributed by atoms with Crippen molar-refractivity contribution in [1.29, 1.82) is 0 Å². The molecule has 8 atom stereocenters. The Labute approximate surface area is 461 Å². The Morgan fingerprint density at radius 1 is 0.507 bits per heavy atom. The second-order valence-electron chi connectivity index (χ2n) is 22.5. The Balaban J connectivity index is 2.57. The molecule has 1 saturated heterocycles. The first-order valence-electron chi connectivity index (χ1n) is 32.1. The predicted octanol–water partition coefficient (Wildman–Crippen LogP) is 15.3. The van der Waals surface area contributed by atoms with Crippen LogP contribution in [-0.2, 0) is 23.8 Å². The van der Waals surface area contributed by atoms with Crippen LogP contribution in [0.5, 0.6) is 0 Å². The zero-order valence-electron chi connectivity index (χ0n) is 48.9. The van der Waals surface area contributed by atoms with Gasteiger partial charge in [0.2, 0.25) is 5.91 Å². The number of hydrogen-bond donors (Lipinski definition) is 6. The van der Waals surface area contributed by atoms with Crippen molar-refractivity contribution in [2.24, 2.45) is 0 Å². The van der Waals surface area contributed by atoms with Gasteiger partial charge in [-0.2, -0.15) is 0 Å². The molecule has 0 spiro atoms. The van der Waals surface area contributed by atoms with Crippen LogP contribution in [0, 0.1) is 0 Å². The molecule has 0 saturated carbocycles. The van der Waals surface area contributed by atoms with E-state index in [0.717, 1.165) is 57.8 Å². The van der Waals surface area contributed by atoms with Crippen molar-refractivity contribution in [2.75, 3.05) is 13.2 Å². The molecule has 1 aliphatic rings. The average molecular weight is 1060 g/mol. The normalized spacial score (nSPS) is 19.3. The van der Waals surface area contributed by atoms with Crippen molar-refractivity contribution >= 4 is 11.9 Å². The van der Waals surface area contributed by atoms with E-state index >= 15 is 0 Å². The lowest BCUT2D eigenvalue weighted by Crippen LogP contribution is -2.61. The van der Waals surface area contributed by atoms with Crippen LogP contribution in [0.15, 0.2) is 24.3 Å². The molecule has 1 rings (SSSR count). The van der Waals surface area contributed by atoms with E-state index in [4.69, 9.17) is 14.2 Å². The highest BCUT2D eigenvalue weighted by Gasteiger charge is 2.47. The largest absolute Gasteiger partial charge is 0.454 e. The molecule has 0 aromatic heterocycles. The van der Waals surface area contributed by atoms with Gasteiger partial charge in [0, 0.05) is 6.42 Å². The van der Waals surface area contributed by atoms with Crippen LogP contribution in [0.3, 0.4) is 0 Å². The molecular weight excluding hydrogens is 943 g/mol. The van der Waals surface area contributed by atoms with E-state index in [1.54, 1.807) is 6.08 Å². The molecule has 0 bridgehead atoms. The second-order valence-corrected chi connectivity index (χ2v) is 22.5. The van der Waals surface area contributed by atoms with Gasteiger partial charge in [0.25, 0.3) is 0 Å². The van der Waals surface area contributed by atoms with Crippen LogP contribution in [0.4, 0.5) is 0 Å². The van der Waals surface area contributed by atoms with E-state index in [9.17, 15) is 35.1 Å². The Kier molecular flexibility index (Phi) is 50.1. The van der Waals surface area contributed by atoms with Crippen molar-refractivity contribution in [2.45, 2.75) is 359 Å². The maximum atomic E-state index is 13.4. The maximum absolute atomic E-state index is 13.4. The molecule has 8 unspecified atom stereocenters. The molecule has 442 valence electrons. The van der Waals surface area contributed by atoms with Gasteiger partial charge in [0.05, 0.1) is 25.4 Å². The third-order valence-electron chi connectivity index (χ3n) is 15.4. The fourth-order valence-electron chi connectivity index (χ4n) is 10.2. The molecule has 1 fully saturated rings. The van der Waals surface area contributed by atoms with Crippen molar-refractivity contribution in [3.63, 3.8) is 0 Å². The van der Waals surface area contributed by atoms with Crippen LogP contribution < -0.4 is 5.32 Å². The molecule has 11 heteroatoms. The fraction of sp³-hybridized carbons (Fsp3) is 0.906. The van der Waals surface area contributed by atoms with Crippen molar-refractivity contribution in [3.8, 4) is 0 Å². The number of allylic oxidation sites excluding steroid dienone is 3. The second kappa shape index (κ2) is 52.8. The third-order valence-corrected chi connectivity index (χ3v) is 15.4. The van der Waals surface area contributed by atoms with Crippen LogP contribution in [0.1, 0.15) is 310 Å². The zero-order chi connectivity index (χ0) is 54.7. The standard InChI is InChI=1S/C64H121NO10/c1-4-7-10-13-16-19-22-23-24-25-26-27-28-29-30-31-32-33-34-37-39-42-45-48-51-57(68)63(72)65-55(56(67)50-47-44-41-38-35-20-17-14-11-8-5-2)54-73-64-62(61(71)60(70)58(53-66)74-64)75-59(69)52-49-46-43-40-36-21-18-15-12-9-6-3/h23-24,47,50,55-58,60-62,64,66-68,70-71H,4-22,25-46,48-49,51-54H2,1-3H3,(H,65,72)/b24-23+,50-47+. The fourth-order valence-corrected chi connectivity index (χ4v) is 10.2. The van der Waals surface area contributed by atoms with E-state index in [2.05, 4.69) is 38.2 Å². The van der Waals surface area contributed by atoms with E-state index in [-0.39, 0.29) is 13.0 Å². The Morgan fingerprint density at radius 2 is 0.880 bits per heavy atom. The maximum Gasteiger partial charge on any atom is 0.306 e. The minimum absolute atomic E-state index is 0.129. The van der Waals surface area contributed by atoms with Crippen LogP contribution >= 0.6 is 0 Å². The molecule has 0 radical (unpaired) electrons. The van der Waals surface area contributed by atoms with Crippen LogP contribution in [-0.4, -0.2) is 99.6 Å². The number of rotatable bonds is 55. The lowest BCUT2D eigenvalue weighted by atomic mass is 9.99. The average Bonchev–Trinajstić information content (AvgIpc) is 3.41. The highest BCUT2D eigenvalue weighted by atomic mass is 16.7. The predicted molar refractivity (Wildman–Crippen MR) is 311 cm³/mol. The van der Waals surface area contributed by atoms with Crippen LogP contribution in [0.25, 0.3) is 0 Å². The van der Waals surface area contributed by atoms with E-state index in [1.807, 2.05) is 6.08 Å². The van der Waals surface area contributed by atoms with Gasteiger partial charge in [-0.15, -0.1) is 0 Å². The summed E-state index contributed by atoms with van der Waals surface area (Å²) < 4.78 is 17.6. The van der Waals surface area contributed by atoms with Gasteiger partial charge in [-0.3, -0.25) is 9.59 Å². The smallest absolute Gasteiger partial charge is 0.306 e. The summed E-state index contributed by atoms with van der Waals surface area (Å²) in [5.41, 5.74) is 0. The highest BCUT2D eigenvalue weighted by Crippen LogP contribution is 2.26. The summed E-state index contributed by atoms with van der Waals surface area (Å²) in [4.78, 5) is 26.5. The molecule has 0 aromatic carbocycles. The van der Waals surface area contributed by atoms with E-state index in [0.29, 0.717) is 19.3 Å². The summed E-state index contributed by atoms with van der Waals surface area (Å²) >= 11 is 0. The van der Waals surface area contributed by atoms with Gasteiger partial charge in [0.1, 0.15) is 24.4 Å². The molecule has 1 aliphatic heterocycles. The van der Waals surface area contributed by atoms with E-state index < -0.39 is 67.4 Å². The van der Waals surface area contributed by atoms with Gasteiger partial charge >= 0.3 is 5.97 Å². The number of carbonyl (C=O) groups is 2. The Bertz CT molecular complexity index is 1310. The molecular formula is C64H121NO10. The topological polar surface area (TPSA) is 175 Å². The van der Waals surface area contributed by atoms with Gasteiger partial charge in [0.15, 0.2) is 12.4 Å². The minimum Gasteiger partial charge on any atom is -0.454 e. The van der Waals surface area contributed by atoms with Crippen LogP contribution in [0.2, 0.25) is 0 Å². The SMILES string of the molecule is CCCCCCCC/C=C/CCCCCCCCCCCCCCCCC(O)C(=O)NC(COC1OC(CO)C(O)C(O)C1OC(=O)CCCCCCCCCCCCC)C(O)/C=C/CCCCCCCCCCC. The number of nitrogens with one attached hydrogen (secondary N) is 1. The quantitative estimate of drug-likeness (QED) is 0.0195. The summed E-state index contributed by atoms with van der Waals surface area (Å²) in [7, 11) is 0. The summed E-state index contributed by atoms with van der Waals surface area (Å²) in [6.45, 7) is 5.79. The third kappa shape index (κ3) is 40.9. The summed E-state index contributed by atoms with van der Waals surface area (Å²) in [6, 6.07) is -1.02. The zero-order valence-corrected chi connectivity index (χ0v) is 48.9. The van der Waals surface area contributed by atoms with Crippen molar-refractivity contribution in [1.82, 2.24) is 5.32 Å². The molecule has 1 amide bonds. The number of amides is 1. The molecule has 1 heterocycles. The van der Waals surface area contributed by atoms with Gasteiger partial charge in [-0.1, -0.05) is 276 Å². The summed E-state index contributed by atoms with van der Waals surface area (Å²) in [5.74, 6) is -1.18. The summed E-state index contributed by atoms with van der Waals surface area (Å²) in [5, 5.41) is 56.9. The first-order valence-corrected chi connectivity index (χ1v) is 32.1.